The van der Waals surface area contributed by atoms with E-state index >= 15 is 0 Å². The quantitative estimate of drug-likeness (QED) is 0.672. The van der Waals surface area contributed by atoms with Gasteiger partial charge in [0.15, 0.2) is 4.33 Å². The molecular weight excluding hydrogens is 271 g/mol. The Labute approximate surface area is 107 Å². The fraction of sp³-hybridized carbons (Fsp3) is 0.0909. The predicted octanol–water partition coefficient (Wildman–Crippen LogP) is 5.08. The molecule has 2 aromatic rings. The summed E-state index contributed by atoms with van der Waals surface area (Å²) < 4.78 is -0.987. The first-order valence-electron chi connectivity index (χ1n) is 4.28. The fourth-order valence-corrected chi connectivity index (χ4v) is 2.76. The maximum absolute atomic E-state index is 6.31. The normalized spacial score (nSPS) is 11.7. The summed E-state index contributed by atoms with van der Waals surface area (Å²) in [6.45, 7) is 0. The summed E-state index contributed by atoms with van der Waals surface area (Å²) in [4.78, 5) is 0.910. The lowest BCUT2D eigenvalue weighted by Gasteiger charge is -2.18. The molecule has 2 rings (SSSR count). The van der Waals surface area contributed by atoms with E-state index < -0.39 is 4.33 Å². The molecule has 0 bridgehead atoms. The first-order valence-corrected chi connectivity index (χ1v) is 6.30. The molecule has 0 fully saturated rings. The highest BCUT2D eigenvalue weighted by Gasteiger charge is 2.29. The Balaban J connectivity index is 2.41. The minimum absolute atomic E-state index is 0.675. The van der Waals surface area contributed by atoms with Gasteiger partial charge in [0.25, 0.3) is 0 Å². The first kappa shape index (κ1) is 11.3. The number of rotatable bonds is 2. The van der Waals surface area contributed by atoms with Crippen molar-refractivity contribution in [1.29, 1.82) is 0 Å². The second kappa shape index (κ2) is 4.34. The van der Waals surface area contributed by atoms with E-state index in [-0.39, 0.29) is 0 Å². The van der Waals surface area contributed by atoms with Crippen molar-refractivity contribution >= 4 is 46.1 Å². The van der Waals surface area contributed by atoms with Crippen LogP contribution in [0, 0.1) is 0 Å². The molecule has 4 heteroatoms. The number of halogens is 3. The van der Waals surface area contributed by atoms with E-state index in [0.717, 1.165) is 10.4 Å². The minimum Gasteiger partial charge on any atom is -0.145 e. The van der Waals surface area contributed by atoms with Crippen LogP contribution in [0.3, 0.4) is 0 Å². The molecule has 0 nitrogen and oxygen atoms in total. The summed E-state index contributed by atoms with van der Waals surface area (Å²) in [7, 11) is 0. The van der Waals surface area contributed by atoms with Crippen molar-refractivity contribution < 1.29 is 0 Å². The van der Waals surface area contributed by atoms with Crippen molar-refractivity contribution in [2.75, 3.05) is 0 Å². The van der Waals surface area contributed by atoms with Crippen LogP contribution in [0.15, 0.2) is 41.8 Å². The lowest BCUT2D eigenvalue weighted by atomic mass is 10.1. The van der Waals surface area contributed by atoms with Crippen LogP contribution in [0.5, 0.6) is 0 Å². The molecule has 15 heavy (non-hydrogen) atoms. The van der Waals surface area contributed by atoms with Gasteiger partial charge in [-0.3, -0.25) is 0 Å². The number of hydrogen-bond acceptors (Lipinski definition) is 1. The molecule has 1 aromatic heterocycles. The van der Waals surface area contributed by atoms with Crippen LogP contribution in [0.4, 0.5) is 0 Å². The van der Waals surface area contributed by atoms with E-state index in [1.165, 1.54) is 11.3 Å². The zero-order valence-electron chi connectivity index (χ0n) is 7.58. The standard InChI is InChI=1S/C11H7Cl3S/c12-9-5-3-8(4-6-9)11(13,14)10-2-1-7-15-10/h1-7H. The molecule has 78 valence electrons. The molecule has 1 aromatic carbocycles. The summed E-state index contributed by atoms with van der Waals surface area (Å²) in [6.07, 6.45) is 0. The smallest absolute Gasteiger partial charge is 0.145 e. The molecule has 1 heterocycles. The summed E-state index contributed by atoms with van der Waals surface area (Å²) in [5.41, 5.74) is 0.831. The minimum atomic E-state index is -0.987. The van der Waals surface area contributed by atoms with Crippen LogP contribution in [0.2, 0.25) is 5.02 Å². The average molecular weight is 278 g/mol. The second-order valence-corrected chi connectivity index (χ2v) is 5.77. The Morgan fingerprint density at radius 2 is 1.67 bits per heavy atom. The molecule has 0 atom stereocenters. The zero-order chi connectivity index (χ0) is 10.9. The van der Waals surface area contributed by atoms with Crippen LogP contribution in [-0.4, -0.2) is 0 Å². The van der Waals surface area contributed by atoms with Gasteiger partial charge in [-0.05, 0) is 29.1 Å². The first-order chi connectivity index (χ1) is 7.10. The third kappa shape index (κ3) is 2.31. The fourth-order valence-electron chi connectivity index (χ4n) is 1.26. The summed E-state index contributed by atoms with van der Waals surface area (Å²) in [5, 5.41) is 2.62. The van der Waals surface area contributed by atoms with Crippen LogP contribution >= 0.6 is 46.1 Å². The van der Waals surface area contributed by atoms with Gasteiger partial charge in [0, 0.05) is 9.90 Å². The number of thiophene rings is 1. The van der Waals surface area contributed by atoms with Gasteiger partial charge in [0.1, 0.15) is 0 Å². The third-order valence-electron chi connectivity index (χ3n) is 2.04. The molecule has 0 N–H and O–H groups in total. The molecule has 0 saturated carbocycles. The van der Waals surface area contributed by atoms with Gasteiger partial charge in [-0.1, -0.05) is 53.0 Å². The number of hydrogen-bond donors (Lipinski definition) is 0. The van der Waals surface area contributed by atoms with Crippen molar-refractivity contribution in [2.45, 2.75) is 4.33 Å². The Bertz CT molecular complexity index is 431. The van der Waals surface area contributed by atoms with Gasteiger partial charge in [-0.25, -0.2) is 0 Å². The second-order valence-electron chi connectivity index (χ2n) is 3.06. The van der Waals surface area contributed by atoms with Gasteiger partial charge in [-0.2, -0.15) is 0 Å². The van der Waals surface area contributed by atoms with Crippen molar-refractivity contribution in [3.8, 4) is 0 Å². The Morgan fingerprint density at radius 1 is 1.00 bits per heavy atom. The third-order valence-corrected chi connectivity index (χ3v) is 4.35. The van der Waals surface area contributed by atoms with Crippen molar-refractivity contribution in [3.63, 3.8) is 0 Å². The summed E-state index contributed by atoms with van der Waals surface area (Å²) in [6, 6.07) is 11.1. The van der Waals surface area contributed by atoms with E-state index in [2.05, 4.69) is 0 Å². The average Bonchev–Trinajstić information content (AvgIpc) is 2.71. The molecule has 0 amide bonds. The van der Waals surface area contributed by atoms with Gasteiger partial charge >= 0.3 is 0 Å². The van der Waals surface area contributed by atoms with E-state index in [4.69, 9.17) is 34.8 Å². The van der Waals surface area contributed by atoms with Crippen molar-refractivity contribution in [1.82, 2.24) is 0 Å². The highest BCUT2D eigenvalue weighted by molar-refractivity contribution is 7.10. The lowest BCUT2D eigenvalue weighted by molar-refractivity contribution is 1.07. The maximum atomic E-state index is 6.31. The van der Waals surface area contributed by atoms with Crippen LogP contribution < -0.4 is 0 Å². The van der Waals surface area contributed by atoms with Crippen LogP contribution in [0.1, 0.15) is 10.4 Å². The largest absolute Gasteiger partial charge is 0.177 e. The maximum Gasteiger partial charge on any atom is 0.177 e. The zero-order valence-corrected chi connectivity index (χ0v) is 10.7. The van der Waals surface area contributed by atoms with Gasteiger partial charge in [0.2, 0.25) is 0 Å². The highest BCUT2D eigenvalue weighted by atomic mass is 35.5. The SMILES string of the molecule is Clc1ccc(C(Cl)(Cl)c2cccs2)cc1. The monoisotopic (exact) mass is 276 g/mol. The Morgan fingerprint density at radius 3 is 2.20 bits per heavy atom. The van der Waals surface area contributed by atoms with E-state index in [9.17, 15) is 0 Å². The molecular formula is C11H7Cl3S. The van der Waals surface area contributed by atoms with Crippen molar-refractivity contribution in [3.05, 3.63) is 57.2 Å². The van der Waals surface area contributed by atoms with E-state index in [1.807, 2.05) is 29.6 Å². The Kier molecular flexibility index (Phi) is 3.27. The van der Waals surface area contributed by atoms with Gasteiger partial charge in [0.05, 0.1) is 0 Å². The summed E-state index contributed by atoms with van der Waals surface area (Å²) in [5.74, 6) is 0. The van der Waals surface area contributed by atoms with Crippen molar-refractivity contribution in [2.24, 2.45) is 0 Å². The molecule has 0 radical (unpaired) electrons. The molecule has 0 aliphatic rings. The summed E-state index contributed by atoms with van der Waals surface area (Å²) >= 11 is 20.0. The molecule has 0 unspecified atom stereocenters. The van der Waals surface area contributed by atoms with E-state index in [0.29, 0.717) is 5.02 Å². The Hall–Kier alpha value is -0.210. The van der Waals surface area contributed by atoms with Gasteiger partial charge < -0.3 is 0 Å². The molecule has 0 aliphatic heterocycles. The van der Waals surface area contributed by atoms with Crippen LogP contribution in [-0.2, 0) is 4.33 Å². The lowest BCUT2D eigenvalue weighted by Crippen LogP contribution is -2.09. The molecule has 0 spiro atoms. The molecule has 0 aliphatic carbocycles. The highest BCUT2D eigenvalue weighted by Crippen LogP contribution is 2.43. The van der Waals surface area contributed by atoms with Crippen LogP contribution in [0.25, 0.3) is 0 Å². The topological polar surface area (TPSA) is 0 Å². The number of benzene rings is 1. The van der Waals surface area contributed by atoms with E-state index in [1.54, 1.807) is 12.1 Å². The predicted molar refractivity (Wildman–Crippen MR) is 68.3 cm³/mol. The number of alkyl halides is 2. The van der Waals surface area contributed by atoms with Gasteiger partial charge in [-0.15, -0.1) is 11.3 Å². The molecule has 0 saturated heterocycles.